The molecule has 0 atom stereocenters. The first-order valence-electron chi connectivity index (χ1n) is 6.98. The first kappa shape index (κ1) is 14.3. The van der Waals surface area contributed by atoms with Gasteiger partial charge in [-0.3, -0.25) is 4.79 Å². The van der Waals surface area contributed by atoms with Crippen LogP contribution in [-0.2, 0) is 13.0 Å². The lowest BCUT2D eigenvalue weighted by Gasteiger charge is -2.10. The number of anilines is 1. The van der Waals surface area contributed by atoms with Crippen molar-refractivity contribution in [2.75, 3.05) is 5.73 Å². The smallest absolute Gasteiger partial charge is 0.266 e. The molecule has 0 aliphatic rings. The van der Waals surface area contributed by atoms with Gasteiger partial charge in [0, 0.05) is 23.9 Å². The largest absolute Gasteiger partial charge is 0.398 e. The average Bonchev–Trinajstić information content (AvgIpc) is 2.40. The van der Waals surface area contributed by atoms with Crippen LogP contribution < -0.4 is 11.3 Å². The summed E-state index contributed by atoms with van der Waals surface area (Å²) in [5, 5.41) is 4.43. The average molecular weight is 271 g/mol. The number of nitrogens with two attached hydrogens (primary N) is 1. The fourth-order valence-corrected chi connectivity index (χ4v) is 2.16. The van der Waals surface area contributed by atoms with Gasteiger partial charge >= 0.3 is 0 Å². The molecule has 0 fully saturated rings. The second-order valence-corrected chi connectivity index (χ2v) is 5.40. The van der Waals surface area contributed by atoms with E-state index in [0.29, 0.717) is 12.5 Å². The topological polar surface area (TPSA) is 60.9 Å². The highest BCUT2D eigenvalue weighted by molar-refractivity contribution is 5.65. The molecule has 4 nitrogen and oxygen atoms in total. The van der Waals surface area contributed by atoms with Crippen LogP contribution in [0.5, 0.6) is 0 Å². The van der Waals surface area contributed by atoms with Crippen molar-refractivity contribution in [2.24, 2.45) is 5.92 Å². The molecule has 0 spiro atoms. The molecule has 20 heavy (non-hydrogen) atoms. The van der Waals surface area contributed by atoms with E-state index < -0.39 is 0 Å². The number of aromatic nitrogens is 2. The number of nitrogen functional groups attached to an aromatic ring is 1. The Labute approximate surface area is 119 Å². The second-order valence-electron chi connectivity index (χ2n) is 5.40. The third kappa shape index (κ3) is 3.07. The molecule has 1 heterocycles. The zero-order valence-corrected chi connectivity index (χ0v) is 12.3. The Balaban J connectivity index is 2.42. The number of hydrogen-bond acceptors (Lipinski definition) is 3. The minimum Gasteiger partial charge on any atom is -0.398 e. The fourth-order valence-electron chi connectivity index (χ4n) is 2.16. The Morgan fingerprint density at radius 2 is 2.00 bits per heavy atom. The predicted octanol–water partition coefficient (Wildman–Crippen LogP) is 2.71. The molecule has 106 valence electrons. The maximum atomic E-state index is 11.8. The number of benzene rings is 1. The first-order valence-corrected chi connectivity index (χ1v) is 6.98. The van der Waals surface area contributed by atoms with Gasteiger partial charge in [0.2, 0.25) is 0 Å². The number of nitrogens with zero attached hydrogens (tertiary/aromatic N) is 2. The van der Waals surface area contributed by atoms with Gasteiger partial charge in [-0.2, -0.15) is 5.10 Å². The maximum Gasteiger partial charge on any atom is 0.266 e. The van der Waals surface area contributed by atoms with Crippen LogP contribution >= 0.6 is 0 Å². The summed E-state index contributed by atoms with van der Waals surface area (Å²) >= 11 is 0. The number of aryl methyl sites for hydroxylation is 1. The van der Waals surface area contributed by atoms with E-state index in [1.807, 2.05) is 18.2 Å². The highest BCUT2D eigenvalue weighted by Gasteiger charge is 2.06. The zero-order chi connectivity index (χ0) is 14.7. The lowest BCUT2D eigenvalue weighted by atomic mass is 10.1. The molecule has 2 aromatic rings. The molecule has 1 aromatic heterocycles. The van der Waals surface area contributed by atoms with Crippen molar-refractivity contribution in [2.45, 2.75) is 33.7 Å². The van der Waals surface area contributed by atoms with E-state index in [1.165, 1.54) is 4.68 Å². The Kier molecular flexibility index (Phi) is 4.23. The molecule has 0 saturated heterocycles. The molecule has 2 rings (SSSR count). The molecule has 0 bridgehead atoms. The quantitative estimate of drug-likeness (QED) is 0.870. The Bertz CT molecular complexity index is 659. The van der Waals surface area contributed by atoms with Gasteiger partial charge in [-0.1, -0.05) is 32.9 Å². The van der Waals surface area contributed by atoms with Crippen molar-refractivity contribution < 1.29 is 0 Å². The van der Waals surface area contributed by atoms with E-state index in [-0.39, 0.29) is 5.56 Å². The first-order chi connectivity index (χ1) is 9.51. The summed E-state index contributed by atoms with van der Waals surface area (Å²) in [7, 11) is 0. The molecule has 2 N–H and O–H groups in total. The summed E-state index contributed by atoms with van der Waals surface area (Å²) in [6.45, 7) is 6.82. The molecule has 0 amide bonds. The van der Waals surface area contributed by atoms with Gasteiger partial charge < -0.3 is 5.73 Å². The number of rotatable bonds is 4. The fraction of sp³-hybridized carbons (Fsp3) is 0.375. The lowest BCUT2D eigenvalue weighted by molar-refractivity contribution is 0.465. The van der Waals surface area contributed by atoms with Gasteiger partial charge in [0.25, 0.3) is 5.56 Å². The summed E-state index contributed by atoms with van der Waals surface area (Å²) in [5.41, 5.74) is 9.57. The molecular formula is C16H21N3O. The highest BCUT2D eigenvalue weighted by atomic mass is 16.1. The minimum atomic E-state index is -0.0689. The van der Waals surface area contributed by atoms with Gasteiger partial charge in [0.05, 0.1) is 5.69 Å². The van der Waals surface area contributed by atoms with Crippen molar-refractivity contribution in [3.05, 3.63) is 46.2 Å². The van der Waals surface area contributed by atoms with Gasteiger partial charge in [0.1, 0.15) is 0 Å². The predicted molar refractivity (Wildman–Crippen MR) is 82.6 cm³/mol. The van der Waals surface area contributed by atoms with Crippen LogP contribution in [0.25, 0.3) is 11.3 Å². The van der Waals surface area contributed by atoms with E-state index in [0.717, 1.165) is 28.9 Å². The van der Waals surface area contributed by atoms with E-state index in [9.17, 15) is 4.79 Å². The van der Waals surface area contributed by atoms with Crippen LogP contribution in [-0.4, -0.2) is 9.78 Å². The van der Waals surface area contributed by atoms with Gasteiger partial charge in [-0.25, -0.2) is 4.68 Å². The molecule has 0 radical (unpaired) electrons. The van der Waals surface area contributed by atoms with Crippen LogP contribution in [0.1, 0.15) is 26.3 Å². The van der Waals surface area contributed by atoms with Crippen molar-refractivity contribution in [3.8, 4) is 11.3 Å². The summed E-state index contributed by atoms with van der Waals surface area (Å²) < 4.78 is 1.52. The standard InChI is InChI=1S/C16H21N3O/c1-4-12-5-6-13(9-14(12)17)15-7-8-16(20)19(18-15)10-11(2)3/h5-9,11H,4,10,17H2,1-3H3. The van der Waals surface area contributed by atoms with Crippen molar-refractivity contribution in [1.82, 2.24) is 9.78 Å². The zero-order valence-electron chi connectivity index (χ0n) is 12.3. The summed E-state index contributed by atoms with van der Waals surface area (Å²) in [4.78, 5) is 11.8. The monoisotopic (exact) mass is 271 g/mol. The molecule has 0 saturated carbocycles. The van der Waals surface area contributed by atoms with Crippen LogP contribution in [0.4, 0.5) is 5.69 Å². The summed E-state index contributed by atoms with van der Waals surface area (Å²) in [5.74, 6) is 0.378. The molecule has 0 aliphatic heterocycles. The molecule has 0 unspecified atom stereocenters. The van der Waals surface area contributed by atoms with Crippen LogP contribution in [0.15, 0.2) is 35.1 Å². The normalized spacial score (nSPS) is 11.0. The van der Waals surface area contributed by atoms with E-state index in [4.69, 9.17) is 5.73 Å². The van der Waals surface area contributed by atoms with Crippen molar-refractivity contribution in [1.29, 1.82) is 0 Å². The Morgan fingerprint density at radius 1 is 1.25 bits per heavy atom. The van der Waals surface area contributed by atoms with Gasteiger partial charge in [-0.15, -0.1) is 0 Å². The van der Waals surface area contributed by atoms with Gasteiger partial charge in [0.15, 0.2) is 0 Å². The maximum absolute atomic E-state index is 11.8. The van der Waals surface area contributed by atoms with E-state index in [2.05, 4.69) is 25.9 Å². The van der Waals surface area contributed by atoms with Crippen molar-refractivity contribution >= 4 is 5.69 Å². The Hall–Kier alpha value is -2.10. The molecule has 0 aliphatic carbocycles. The summed E-state index contributed by atoms with van der Waals surface area (Å²) in [6.07, 6.45) is 0.909. The van der Waals surface area contributed by atoms with E-state index in [1.54, 1.807) is 12.1 Å². The minimum absolute atomic E-state index is 0.0689. The Morgan fingerprint density at radius 3 is 2.60 bits per heavy atom. The SMILES string of the molecule is CCc1ccc(-c2ccc(=O)n(CC(C)C)n2)cc1N. The third-order valence-electron chi connectivity index (χ3n) is 3.23. The number of hydrogen-bond donors (Lipinski definition) is 1. The lowest BCUT2D eigenvalue weighted by Crippen LogP contribution is -2.24. The molecule has 1 aromatic carbocycles. The van der Waals surface area contributed by atoms with Crippen LogP contribution in [0.3, 0.4) is 0 Å². The highest BCUT2D eigenvalue weighted by Crippen LogP contribution is 2.22. The molecule has 4 heteroatoms. The molecular weight excluding hydrogens is 250 g/mol. The van der Waals surface area contributed by atoms with E-state index >= 15 is 0 Å². The van der Waals surface area contributed by atoms with Crippen LogP contribution in [0, 0.1) is 5.92 Å². The third-order valence-corrected chi connectivity index (χ3v) is 3.23. The van der Waals surface area contributed by atoms with Crippen molar-refractivity contribution in [3.63, 3.8) is 0 Å². The van der Waals surface area contributed by atoms with Crippen LogP contribution in [0.2, 0.25) is 0 Å². The van der Waals surface area contributed by atoms with Gasteiger partial charge in [-0.05, 0) is 30.0 Å². The summed E-state index contributed by atoms with van der Waals surface area (Å²) in [6, 6.07) is 9.26. The second kappa shape index (κ2) is 5.90.